The molecule has 4 fully saturated rings. The molecule has 0 spiro atoms. The number of carbonyl (C=O) groups is 6. The highest BCUT2D eigenvalue weighted by atomic mass is 16.4. The third-order valence-electron chi connectivity index (χ3n) is 8.95. The van der Waals surface area contributed by atoms with Gasteiger partial charge in [-0.1, -0.05) is 0 Å². The lowest BCUT2D eigenvalue weighted by Gasteiger charge is -2.34. The lowest BCUT2D eigenvalue weighted by atomic mass is 10.1. The molecule has 15 nitrogen and oxygen atoms in total. The molecule has 4 heterocycles. The third-order valence-corrected chi connectivity index (χ3v) is 8.95. The molecular weight excluding hydrogens is 564 g/mol. The van der Waals surface area contributed by atoms with Crippen LogP contribution in [0.5, 0.6) is 0 Å². The minimum absolute atomic E-state index is 0.146. The summed E-state index contributed by atoms with van der Waals surface area (Å²) in [7, 11) is 0. The molecule has 0 radical (unpaired) electrons. The molecule has 6 N–H and O–H groups in total. The molecule has 8 atom stereocenters. The lowest BCUT2D eigenvalue weighted by molar-refractivity contribution is -0.150. The predicted molar refractivity (Wildman–Crippen MR) is 150 cm³/mol. The smallest absolute Gasteiger partial charge is 0.328 e. The highest BCUT2D eigenvalue weighted by Gasteiger charge is 2.46. The van der Waals surface area contributed by atoms with Crippen LogP contribution in [0.1, 0.15) is 65.2 Å². The summed E-state index contributed by atoms with van der Waals surface area (Å²) >= 11 is 0. The van der Waals surface area contributed by atoms with Gasteiger partial charge >= 0.3 is 5.97 Å². The molecule has 0 bridgehead atoms. The van der Waals surface area contributed by atoms with Gasteiger partial charge in [0.1, 0.15) is 24.2 Å². The van der Waals surface area contributed by atoms with E-state index in [0.29, 0.717) is 51.5 Å². The van der Waals surface area contributed by atoms with Gasteiger partial charge in [-0.2, -0.15) is 0 Å². The van der Waals surface area contributed by atoms with Crippen LogP contribution in [0.25, 0.3) is 0 Å². The zero-order valence-corrected chi connectivity index (χ0v) is 24.7. The van der Waals surface area contributed by atoms with E-state index in [1.807, 2.05) is 0 Å². The van der Waals surface area contributed by atoms with E-state index in [1.165, 1.54) is 28.5 Å². The van der Waals surface area contributed by atoms with Crippen molar-refractivity contribution in [2.75, 3.05) is 26.2 Å². The summed E-state index contributed by atoms with van der Waals surface area (Å²) in [5, 5.41) is 37.7. The van der Waals surface area contributed by atoms with E-state index in [0.717, 1.165) is 13.0 Å². The van der Waals surface area contributed by atoms with Gasteiger partial charge in [-0.3, -0.25) is 24.0 Å². The van der Waals surface area contributed by atoms with E-state index >= 15 is 0 Å². The summed E-state index contributed by atoms with van der Waals surface area (Å²) < 4.78 is 0. The first-order valence-corrected chi connectivity index (χ1v) is 15.3. The van der Waals surface area contributed by atoms with Gasteiger partial charge in [0.15, 0.2) is 6.04 Å². The van der Waals surface area contributed by atoms with E-state index in [9.17, 15) is 44.1 Å². The fraction of sp³-hybridized carbons (Fsp3) is 0.786. The fourth-order valence-corrected chi connectivity index (χ4v) is 6.64. The van der Waals surface area contributed by atoms with Gasteiger partial charge in [0.25, 0.3) is 0 Å². The summed E-state index contributed by atoms with van der Waals surface area (Å²) in [5.74, 6) is -3.89. The largest absolute Gasteiger partial charge is 0.480 e. The fourth-order valence-electron chi connectivity index (χ4n) is 6.64. The summed E-state index contributed by atoms with van der Waals surface area (Å²) in [5.41, 5.74) is 0. The van der Waals surface area contributed by atoms with Crippen LogP contribution < -0.4 is 16.0 Å². The second-order valence-corrected chi connectivity index (χ2v) is 12.0. The second kappa shape index (κ2) is 14.0. The molecular formula is C28H44N6O9. The number of hydrogen-bond acceptors (Lipinski definition) is 9. The highest BCUT2D eigenvalue weighted by molar-refractivity contribution is 5.97. The summed E-state index contributed by atoms with van der Waals surface area (Å²) in [6.45, 7) is 4.23. The molecule has 0 unspecified atom stereocenters. The van der Waals surface area contributed by atoms with Crippen molar-refractivity contribution in [1.29, 1.82) is 0 Å². The van der Waals surface area contributed by atoms with Crippen LogP contribution in [-0.2, 0) is 28.8 Å². The van der Waals surface area contributed by atoms with Crippen LogP contribution in [0.15, 0.2) is 0 Å². The molecule has 43 heavy (non-hydrogen) atoms. The van der Waals surface area contributed by atoms with Gasteiger partial charge in [-0.05, 0) is 71.8 Å². The van der Waals surface area contributed by atoms with E-state index in [2.05, 4.69) is 16.0 Å². The summed E-state index contributed by atoms with van der Waals surface area (Å²) in [6, 6.07) is -5.87. The predicted octanol–water partition coefficient (Wildman–Crippen LogP) is -2.47. The Morgan fingerprint density at radius 1 is 0.674 bits per heavy atom. The van der Waals surface area contributed by atoms with E-state index in [1.54, 1.807) is 0 Å². The van der Waals surface area contributed by atoms with Crippen LogP contribution in [0.2, 0.25) is 0 Å². The number of carboxylic acid groups (broad SMARTS) is 1. The number of nitrogens with zero attached hydrogens (tertiary/aromatic N) is 3. The Kier molecular flexibility index (Phi) is 10.6. The normalized spacial score (nSPS) is 28.3. The van der Waals surface area contributed by atoms with Crippen LogP contribution in [-0.4, -0.2) is 140 Å². The SMILES string of the molecule is C[C@@H](O)[C@H](NC(=O)[C@@H]1CCCN1C(=O)[C@@H]1CCCN1C(=O)[C@@H](NC(=O)[C@@H]1CCCN1C(=O)[C@@H]1CCCN1)[C@@H](C)O)C(=O)O. The highest BCUT2D eigenvalue weighted by Crippen LogP contribution is 2.27. The van der Waals surface area contributed by atoms with Crippen molar-refractivity contribution >= 4 is 35.5 Å². The van der Waals surface area contributed by atoms with E-state index in [4.69, 9.17) is 0 Å². The van der Waals surface area contributed by atoms with Crippen molar-refractivity contribution in [3.05, 3.63) is 0 Å². The lowest BCUT2D eigenvalue weighted by Crippen LogP contribution is -2.61. The first-order valence-electron chi connectivity index (χ1n) is 15.3. The Labute approximate surface area is 250 Å². The molecule has 0 aromatic carbocycles. The average Bonchev–Trinajstić information content (AvgIpc) is 3.79. The van der Waals surface area contributed by atoms with Crippen molar-refractivity contribution < 1.29 is 44.1 Å². The molecule has 0 aromatic heterocycles. The number of nitrogens with one attached hydrogen (secondary N) is 3. The number of carbonyl (C=O) groups excluding carboxylic acids is 5. The van der Waals surface area contributed by atoms with Crippen LogP contribution >= 0.6 is 0 Å². The third kappa shape index (κ3) is 7.10. The topological polar surface area (TPSA) is 209 Å². The Morgan fingerprint density at radius 3 is 1.65 bits per heavy atom. The monoisotopic (exact) mass is 608 g/mol. The number of aliphatic hydroxyl groups is 2. The maximum atomic E-state index is 13.7. The van der Waals surface area contributed by atoms with Gasteiger partial charge in [-0.25, -0.2) is 4.79 Å². The van der Waals surface area contributed by atoms with Gasteiger partial charge in [0.05, 0.1) is 18.2 Å². The summed E-state index contributed by atoms with van der Waals surface area (Å²) in [4.78, 5) is 82.4. The first-order chi connectivity index (χ1) is 20.4. The Balaban J connectivity index is 1.43. The van der Waals surface area contributed by atoms with Crippen molar-refractivity contribution in [1.82, 2.24) is 30.7 Å². The average molecular weight is 609 g/mol. The molecule has 5 amide bonds. The summed E-state index contributed by atoms with van der Waals surface area (Å²) in [6.07, 6.45) is 1.63. The number of aliphatic hydroxyl groups excluding tert-OH is 2. The zero-order valence-electron chi connectivity index (χ0n) is 24.7. The Hall–Kier alpha value is -3.30. The quantitative estimate of drug-likeness (QED) is 0.154. The molecule has 0 saturated carbocycles. The second-order valence-electron chi connectivity index (χ2n) is 12.0. The van der Waals surface area contributed by atoms with Crippen LogP contribution in [0.3, 0.4) is 0 Å². The van der Waals surface area contributed by atoms with Gasteiger partial charge < -0.3 is 46.0 Å². The van der Waals surface area contributed by atoms with Crippen molar-refractivity contribution in [3.8, 4) is 0 Å². The van der Waals surface area contributed by atoms with Gasteiger partial charge in [0.2, 0.25) is 29.5 Å². The number of rotatable bonds is 10. The number of aliphatic carboxylic acids is 1. The molecule has 4 aliphatic heterocycles. The van der Waals surface area contributed by atoms with Crippen molar-refractivity contribution in [2.45, 2.75) is 114 Å². The molecule has 0 aromatic rings. The van der Waals surface area contributed by atoms with E-state index < -0.39 is 72.0 Å². The van der Waals surface area contributed by atoms with Gasteiger partial charge in [-0.15, -0.1) is 0 Å². The minimum atomic E-state index is -1.54. The Morgan fingerprint density at radius 2 is 1.16 bits per heavy atom. The first kappa shape index (κ1) is 32.6. The molecule has 4 rings (SSSR count). The van der Waals surface area contributed by atoms with Gasteiger partial charge in [0, 0.05) is 19.6 Å². The number of likely N-dealkylation sites (tertiary alicyclic amines) is 3. The molecule has 0 aliphatic carbocycles. The van der Waals surface area contributed by atoms with Crippen molar-refractivity contribution in [2.24, 2.45) is 0 Å². The standard InChI is InChI=1S/C28H44N6O9/c1-15(35)21(30-23(37)18-8-4-12-32(18)25(39)17-7-3-11-29-17)27(41)34-14-6-10-20(34)26(40)33-13-5-9-19(33)24(38)31-22(16(2)36)28(42)43/h15-22,29,35-36H,3-14H2,1-2H3,(H,30,37)(H,31,38)(H,42,43)/t15-,16-,17+,18+,19+,20+,21+,22+/m1/s1. The number of amides is 5. The Bertz CT molecular complexity index is 1090. The van der Waals surface area contributed by atoms with Crippen molar-refractivity contribution in [3.63, 3.8) is 0 Å². The van der Waals surface area contributed by atoms with Crippen LogP contribution in [0, 0.1) is 0 Å². The zero-order chi connectivity index (χ0) is 31.4. The maximum absolute atomic E-state index is 13.7. The maximum Gasteiger partial charge on any atom is 0.328 e. The molecule has 15 heteroatoms. The molecule has 4 aliphatic rings. The number of hydrogen-bond donors (Lipinski definition) is 6. The van der Waals surface area contributed by atoms with E-state index in [-0.39, 0.29) is 25.0 Å². The molecule has 4 saturated heterocycles. The minimum Gasteiger partial charge on any atom is -0.480 e. The molecule has 240 valence electrons. The van der Waals surface area contributed by atoms with Crippen LogP contribution in [0.4, 0.5) is 0 Å². The number of carboxylic acids is 1.